The Hall–Kier alpha value is -3.22. The molecule has 28 heavy (non-hydrogen) atoms. The molecule has 0 unspecified atom stereocenters. The van der Waals surface area contributed by atoms with Crippen LogP contribution in [0.1, 0.15) is 6.42 Å². The number of pyridine rings is 1. The first kappa shape index (κ1) is 18.2. The molecule has 2 aromatic heterocycles. The van der Waals surface area contributed by atoms with Crippen LogP contribution in [0.2, 0.25) is 0 Å². The van der Waals surface area contributed by atoms with Gasteiger partial charge in [-0.3, -0.25) is 14.3 Å². The number of anilines is 2. The van der Waals surface area contributed by atoms with Crippen molar-refractivity contribution in [2.75, 3.05) is 36.0 Å². The smallest absolute Gasteiger partial charge is 0.255 e. The molecule has 3 aromatic rings. The molecular formula is C21H22FN5O. The Labute approximate surface area is 162 Å². The van der Waals surface area contributed by atoms with Gasteiger partial charge in [0.25, 0.3) is 5.56 Å². The molecule has 0 radical (unpaired) electrons. The van der Waals surface area contributed by atoms with Gasteiger partial charge < -0.3 is 9.80 Å². The lowest BCUT2D eigenvalue weighted by molar-refractivity contribution is 0.627. The van der Waals surface area contributed by atoms with Crippen molar-refractivity contribution in [1.82, 2.24) is 14.5 Å². The first-order chi connectivity index (χ1) is 13.6. The summed E-state index contributed by atoms with van der Waals surface area (Å²) in [7, 11) is 1.75. The molecule has 7 heteroatoms. The van der Waals surface area contributed by atoms with E-state index in [1.54, 1.807) is 30.1 Å². The number of aromatic nitrogens is 3. The minimum absolute atomic E-state index is 0.0866. The predicted octanol–water partition coefficient (Wildman–Crippen LogP) is 2.70. The zero-order chi connectivity index (χ0) is 19.5. The third kappa shape index (κ3) is 3.74. The van der Waals surface area contributed by atoms with Crippen molar-refractivity contribution in [2.24, 2.45) is 7.05 Å². The molecule has 6 nitrogen and oxygen atoms in total. The minimum atomic E-state index is -0.229. The number of nitrogens with zero attached hydrogens (tertiary/aromatic N) is 5. The minimum Gasteiger partial charge on any atom is -0.370 e. The van der Waals surface area contributed by atoms with E-state index in [1.165, 1.54) is 12.1 Å². The Morgan fingerprint density at radius 2 is 1.61 bits per heavy atom. The molecule has 1 aromatic carbocycles. The Morgan fingerprint density at radius 1 is 0.929 bits per heavy atom. The van der Waals surface area contributed by atoms with Crippen LogP contribution in [0.4, 0.5) is 16.0 Å². The maximum atomic E-state index is 13.2. The molecule has 144 valence electrons. The number of hydrogen-bond acceptors (Lipinski definition) is 5. The third-order valence-electron chi connectivity index (χ3n) is 5.06. The van der Waals surface area contributed by atoms with E-state index in [-0.39, 0.29) is 11.4 Å². The quantitative estimate of drug-likeness (QED) is 0.700. The van der Waals surface area contributed by atoms with Gasteiger partial charge in [0, 0.05) is 62.9 Å². The van der Waals surface area contributed by atoms with E-state index >= 15 is 0 Å². The van der Waals surface area contributed by atoms with Gasteiger partial charge in [-0.15, -0.1) is 0 Å². The zero-order valence-electron chi connectivity index (χ0n) is 15.8. The zero-order valence-corrected chi connectivity index (χ0v) is 15.8. The fourth-order valence-corrected chi connectivity index (χ4v) is 3.51. The van der Waals surface area contributed by atoms with E-state index < -0.39 is 0 Å². The molecule has 4 rings (SSSR count). The molecule has 1 saturated heterocycles. The molecule has 1 aliphatic heterocycles. The van der Waals surface area contributed by atoms with Crippen LogP contribution >= 0.6 is 0 Å². The third-order valence-corrected chi connectivity index (χ3v) is 5.06. The summed E-state index contributed by atoms with van der Waals surface area (Å²) in [5.74, 6) is 0.438. The van der Waals surface area contributed by atoms with Crippen LogP contribution in [0.15, 0.2) is 59.7 Å². The fourth-order valence-electron chi connectivity index (χ4n) is 3.51. The van der Waals surface area contributed by atoms with Crippen LogP contribution in [0.5, 0.6) is 0 Å². The maximum absolute atomic E-state index is 13.2. The van der Waals surface area contributed by atoms with Gasteiger partial charge in [-0.1, -0.05) is 0 Å². The van der Waals surface area contributed by atoms with Crippen molar-refractivity contribution in [3.05, 3.63) is 71.0 Å². The largest absolute Gasteiger partial charge is 0.370 e. The van der Waals surface area contributed by atoms with Gasteiger partial charge in [-0.05, 0) is 42.8 Å². The van der Waals surface area contributed by atoms with Crippen LogP contribution in [0.25, 0.3) is 11.3 Å². The number of benzene rings is 1. The summed E-state index contributed by atoms with van der Waals surface area (Å²) in [6, 6.07) is 11.9. The van der Waals surface area contributed by atoms with E-state index in [0.29, 0.717) is 11.6 Å². The molecule has 0 bridgehead atoms. The molecule has 0 N–H and O–H groups in total. The van der Waals surface area contributed by atoms with E-state index in [0.717, 1.165) is 43.9 Å². The predicted molar refractivity (Wildman–Crippen MR) is 108 cm³/mol. The summed E-state index contributed by atoms with van der Waals surface area (Å²) in [5, 5.41) is 0. The summed E-state index contributed by atoms with van der Waals surface area (Å²) in [6.45, 7) is 3.19. The number of hydrogen-bond donors (Lipinski definition) is 0. The highest BCUT2D eigenvalue weighted by molar-refractivity contribution is 5.59. The van der Waals surface area contributed by atoms with Crippen LogP contribution in [-0.4, -0.2) is 40.7 Å². The normalized spacial score (nSPS) is 14.8. The molecule has 3 heterocycles. The van der Waals surface area contributed by atoms with Crippen molar-refractivity contribution in [3.63, 3.8) is 0 Å². The molecule has 0 atom stereocenters. The Morgan fingerprint density at radius 3 is 2.36 bits per heavy atom. The summed E-state index contributed by atoms with van der Waals surface area (Å²) in [4.78, 5) is 25.7. The first-order valence-electron chi connectivity index (χ1n) is 9.36. The molecule has 1 fully saturated rings. The van der Waals surface area contributed by atoms with Crippen molar-refractivity contribution < 1.29 is 4.39 Å². The standard InChI is InChI=1S/C21H22FN5O/c1-25-20(28)15-19(16-7-9-23-10-8-16)24-21(25)27-12-2-11-26(13-14-27)18-5-3-17(22)4-6-18/h3-10,15H,2,11-14H2,1H3. The molecule has 0 aliphatic carbocycles. The van der Waals surface area contributed by atoms with Gasteiger partial charge in [-0.2, -0.15) is 0 Å². The molecule has 0 amide bonds. The summed E-state index contributed by atoms with van der Waals surface area (Å²) >= 11 is 0. The van der Waals surface area contributed by atoms with E-state index in [4.69, 9.17) is 4.98 Å². The highest BCUT2D eigenvalue weighted by Gasteiger charge is 2.19. The Balaban J connectivity index is 1.60. The van der Waals surface area contributed by atoms with Gasteiger partial charge in [0.05, 0.1) is 5.69 Å². The Kier molecular flexibility index (Phi) is 5.06. The van der Waals surface area contributed by atoms with Gasteiger partial charge in [0.15, 0.2) is 0 Å². The van der Waals surface area contributed by atoms with Gasteiger partial charge >= 0.3 is 0 Å². The highest BCUT2D eigenvalue weighted by Crippen LogP contribution is 2.21. The van der Waals surface area contributed by atoms with Crippen LogP contribution in [-0.2, 0) is 7.05 Å². The summed E-state index contributed by atoms with van der Waals surface area (Å²) in [5.41, 5.74) is 2.45. The van der Waals surface area contributed by atoms with Crippen molar-refractivity contribution in [3.8, 4) is 11.3 Å². The van der Waals surface area contributed by atoms with Gasteiger partial charge in [0.2, 0.25) is 5.95 Å². The highest BCUT2D eigenvalue weighted by atomic mass is 19.1. The van der Waals surface area contributed by atoms with Crippen LogP contribution in [0, 0.1) is 5.82 Å². The number of rotatable bonds is 3. The SMILES string of the molecule is Cn1c(N2CCCN(c3ccc(F)cc3)CC2)nc(-c2ccncc2)cc1=O. The lowest BCUT2D eigenvalue weighted by atomic mass is 10.2. The fraction of sp³-hybridized carbons (Fsp3) is 0.286. The van der Waals surface area contributed by atoms with Crippen molar-refractivity contribution in [2.45, 2.75) is 6.42 Å². The van der Waals surface area contributed by atoms with Crippen molar-refractivity contribution >= 4 is 11.6 Å². The Bertz CT molecular complexity index is 1000. The molecule has 1 aliphatic rings. The van der Waals surface area contributed by atoms with Crippen molar-refractivity contribution in [1.29, 1.82) is 0 Å². The lowest BCUT2D eigenvalue weighted by Crippen LogP contribution is -2.35. The van der Waals surface area contributed by atoms with Gasteiger partial charge in [-0.25, -0.2) is 9.37 Å². The van der Waals surface area contributed by atoms with E-state index in [2.05, 4.69) is 14.8 Å². The number of halogens is 1. The molecule has 0 spiro atoms. The summed E-state index contributed by atoms with van der Waals surface area (Å²) < 4.78 is 14.8. The average Bonchev–Trinajstić information content (AvgIpc) is 2.97. The second-order valence-corrected chi connectivity index (χ2v) is 6.88. The second-order valence-electron chi connectivity index (χ2n) is 6.88. The van der Waals surface area contributed by atoms with Crippen LogP contribution < -0.4 is 15.4 Å². The van der Waals surface area contributed by atoms with E-state index in [1.807, 2.05) is 24.3 Å². The molecule has 0 saturated carbocycles. The lowest BCUT2D eigenvalue weighted by Gasteiger charge is -2.25. The second kappa shape index (κ2) is 7.80. The average molecular weight is 379 g/mol. The van der Waals surface area contributed by atoms with Crippen LogP contribution in [0.3, 0.4) is 0 Å². The maximum Gasteiger partial charge on any atom is 0.255 e. The van der Waals surface area contributed by atoms with E-state index in [9.17, 15) is 9.18 Å². The first-order valence-corrected chi connectivity index (χ1v) is 9.36. The van der Waals surface area contributed by atoms with Gasteiger partial charge in [0.1, 0.15) is 5.82 Å². The summed E-state index contributed by atoms with van der Waals surface area (Å²) in [6.07, 6.45) is 4.31. The molecular weight excluding hydrogens is 357 g/mol. The monoisotopic (exact) mass is 379 g/mol. The topological polar surface area (TPSA) is 54.3 Å².